The van der Waals surface area contributed by atoms with E-state index in [4.69, 9.17) is 0 Å². The van der Waals surface area contributed by atoms with Gasteiger partial charge in [-0.3, -0.25) is 9.59 Å². The fourth-order valence-electron chi connectivity index (χ4n) is 2.28. The molecule has 0 saturated carbocycles. The number of hydrogen-bond donors (Lipinski definition) is 2. The van der Waals surface area contributed by atoms with Crippen LogP contribution in [0.1, 0.15) is 38.2 Å². The maximum Gasteiger partial charge on any atom is 0.274 e. The van der Waals surface area contributed by atoms with Crippen molar-refractivity contribution in [3.8, 4) is 0 Å². The van der Waals surface area contributed by atoms with Gasteiger partial charge in [-0.15, -0.1) is 0 Å². The topological polar surface area (TPSA) is 84.2 Å². The molecule has 2 rings (SSSR count). The average Bonchev–Trinajstić information content (AvgIpc) is 2.49. The molecule has 0 spiro atoms. The lowest BCUT2D eigenvalue weighted by Crippen LogP contribution is -2.47. The van der Waals surface area contributed by atoms with Crippen molar-refractivity contribution in [3.05, 3.63) is 40.3 Å². The third kappa shape index (κ3) is 3.76. The maximum absolute atomic E-state index is 12.6. The van der Waals surface area contributed by atoms with Crippen molar-refractivity contribution in [1.82, 2.24) is 15.1 Å². The third-order valence-electron chi connectivity index (χ3n) is 3.47. The SMILES string of the molecule is CC(C)Cn1nc(C(=O)NC(C)(C)CO)c2ccccc2c1=O. The summed E-state index contributed by atoms with van der Waals surface area (Å²) in [7, 11) is 0. The van der Waals surface area contributed by atoms with Crippen LogP contribution in [0.25, 0.3) is 10.8 Å². The molecule has 23 heavy (non-hydrogen) atoms. The standard InChI is InChI=1S/C17H23N3O3/c1-11(2)9-20-16(23)13-8-6-5-7-12(13)14(19-20)15(22)18-17(3,4)10-21/h5-8,11,21H,9-10H2,1-4H3,(H,18,22). The Balaban J connectivity index is 2.60. The number of aliphatic hydroxyl groups excluding tert-OH is 1. The second kappa shape index (κ2) is 6.50. The van der Waals surface area contributed by atoms with Gasteiger partial charge in [-0.1, -0.05) is 32.0 Å². The molecule has 6 heteroatoms. The fourth-order valence-corrected chi connectivity index (χ4v) is 2.28. The van der Waals surface area contributed by atoms with Crippen molar-refractivity contribution < 1.29 is 9.90 Å². The van der Waals surface area contributed by atoms with E-state index in [1.165, 1.54) is 4.68 Å². The fraction of sp³-hybridized carbons (Fsp3) is 0.471. The molecule has 0 aliphatic rings. The van der Waals surface area contributed by atoms with E-state index in [0.717, 1.165) is 0 Å². The summed E-state index contributed by atoms with van der Waals surface area (Å²) in [5.74, 6) is -0.177. The van der Waals surface area contributed by atoms with Crippen molar-refractivity contribution in [2.45, 2.75) is 39.8 Å². The second-order valence-electron chi connectivity index (χ2n) is 6.77. The van der Waals surface area contributed by atoms with Crippen LogP contribution in [0.15, 0.2) is 29.1 Å². The summed E-state index contributed by atoms with van der Waals surface area (Å²) >= 11 is 0. The molecule has 0 atom stereocenters. The third-order valence-corrected chi connectivity index (χ3v) is 3.47. The van der Waals surface area contributed by atoms with Crippen LogP contribution < -0.4 is 10.9 Å². The molecule has 2 aromatic rings. The van der Waals surface area contributed by atoms with Gasteiger partial charge < -0.3 is 10.4 Å². The number of carbonyl (C=O) groups excluding carboxylic acids is 1. The molecule has 0 aliphatic carbocycles. The Kier molecular flexibility index (Phi) is 4.85. The van der Waals surface area contributed by atoms with Crippen LogP contribution in [0.5, 0.6) is 0 Å². The number of carbonyl (C=O) groups is 1. The predicted octanol–water partition coefficient (Wildman–Crippen LogP) is 1.55. The summed E-state index contributed by atoms with van der Waals surface area (Å²) in [5.41, 5.74) is -0.770. The Morgan fingerprint density at radius 3 is 2.48 bits per heavy atom. The summed E-state index contributed by atoms with van der Waals surface area (Å²) in [6.45, 7) is 7.65. The van der Waals surface area contributed by atoms with Crippen LogP contribution in [0.4, 0.5) is 0 Å². The first kappa shape index (κ1) is 17.1. The minimum Gasteiger partial charge on any atom is -0.394 e. The molecule has 0 fully saturated rings. The number of nitrogens with one attached hydrogen (secondary N) is 1. The van der Waals surface area contributed by atoms with E-state index < -0.39 is 11.4 Å². The Morgan fingerprint density at radius 1 is 1.30 bits per heavy atom. The van der Waals surface area contributed by atoms with Crippen molar-refractivity contribution in [3.63, 3.8) is 0 Å². The van der Waals surface area contributed by atoms with Gasteiger partial charge in [0.15, 0.2) is 5.69 Å². The lowest BCUT2D eigenvalue weighted by atomic mass is 10.1. The molecular weight excluding hydrogens is 294 g/mol. The molecule has 6 nitrogen and oxygen atoms in total. The van der Waals surface area contributed by atoms with Crippen molar-refractivity contribution in [1.29, 1.82) is 0 Å². The number of benzene rings is 1. The highest BCUT2D eigenvalue weighted by atomic mass is 16.3. The Morgan fingerprint density at radius 2 is 1.91 bits per heavy atom. The molecule has 0 unspecified atom stereocenters. The van der Waals surface area contributed by atoms with Gasteiger partial charge in [-0.25, -0.2) is 4.68 Å². The zero-order valence-corrected chi connectivity index (χ0v) is 14.0. The van der Waals surface area contributed by atoms with Gasteiger partial charge in [0.05, 0.1) is 17.5 Å². The summed E-state index contributed by atoms with van der Waals surface area (Å²) in [6.07, 6.45) is 0. The number of aliphatic hydroxyl groups is 1. The molecule has 1 aromatic carbocycles. The molecule has 0 aliphatic heterocycles. The van der Waals surface area contributed by atoms with Crippen molar-refractivity contribution in [2.75, 3.05) is 6.61 Å². The van der Waals surface area contributed by atoms with Gasteiger partial charge >= 0.3 is 0 Å². The van der Waals surface area contributed by atoms with Crippen molar-refractivity contribution in [2.24, 2.45) is 5.92 Å². The minimum absolute atomic E-state index is 0.192. The van der Waals surface area contributed by atoms with Crippen LogP contribution in [-0.4, -0.2) is 32.9 Å². The Hall–Kier alpha value is -2.21. The van der Waals surface area contributed by atoms with E-state index in [-0.39, 0.29) is 23.8 Å². The Labute approximate surface area is 135 Å². The number of fused-ring (bicyclic) bond motifs is 1. The molecule has 1 heterocycles. The summed E-state index contributed by atoms with van der Waals surface area (Å²) < 4.78 is 1.34. The zero-order valence-electron chi connectivity index (χ0n) is 14.0. The number of amides is 1. The molecule has 1 aromatic heterocycles. The highest BCUT2D eigenvalue weighted by molar-refractivity contribution is 6.05. The van der Waals surface area contributed by atoms with E-state index in [0.29, 0.717) is 17.3 Å². The summed E-state index contributed by atoms with van der Waals surface area (Å²) in [5, 5.41) is 17.3. The number of aromatic nitrogens is 2. The second-order valence-corrected chi connectivity index (χ2v) is 6.77. The number of nitrogens with zero attached hydrogens (tertiary/aromatic N) is 2. The van der Waals surface area contributed by atoms with Crippen LogP contribution in [-0.2, 0) is 6.54 Å². The van der Waals surface area contributed by atoms with Gasteiger partial charge in [0.1, 0.15) is 0 Å². The van der Waals surface area contributed by atoms with E-state index in [2.05, 4.69) is 10.4 Å². The quantitative estimate of drug-likeness (QED) is 0.876. The lowest BCUT2D eigenvalue weighted by molar-refractivity contribution is 0.0863. The molecule has 0 bridgehead atoms. The summed E-state index contributed by atoms with van der Waals surface area (Å²) in [6, 6.07) is 6.95. The number of hydrogen-bond acceptors (Lipinski definition) is 4. The monoisotopic (exact) mass is 317 g/mol. The molecule has 124 valence electrons. The van der Waals surface area contributed by atoms with E-state index in [1.807, 2.05) is 13.8 Å². The van der Waals surface area contributed by atoms with Crippen LogP contribution in [0.2, 0.25) is 0 Å². The van der Waals surface area contributed by atoms with Gasteiger partial charge in [0.25, 0.3) is 11.5 Å². The van der Waals surface area contributed by atoms with Crippen molar-refractivity contribution >= 4 is 16.7 Å². The molecule has 0 radical (unpaired) electrons. The van der Waals surface area contributed by atoms with E-state index in [9.17, 15) is 14.7 Å². The van der Waals surface area contributed by atoms with Gasteiger partial charge in [0, 0.05) is 11.9 Å². The van der Waals surface area contributed by atoms with Gasteiger partial charge in [-0.05, 0) is 25.8 Å². The highest BCUT2D eigenvalue weighted by Crippen LogP contribution is 2.15. The smallest absolute Gasteiger partial charge is 0.274 e. The summed E-state index contributed by atoms with van der Waals surface area (Å²) in [4.78, 5) is 25.1. The average molecular weight is 317 g/mol. The molecule has 2 N–H and O–H groups in total. The number of rotatable bonds is 5. The lowest BCUT2D eigenvalue weighted by Gasteiger charge is -2.23. The van der Waals surface area contributed by atoms with Crippen LogP contribution in [0, 0.1) is 5.92 Å². The first-order valence-electron chi connectivity index (χ1n) is 7.68. The first-order valence-corrected chi connectivity index (χ1v) is 7.68. The normalized spacial score (nSPS) is 11.9. The minimum atomic E-state index is -0.765. The Bertz CT molecular complexity index is 778. The zero-order chi connectivity index (χ0) is 17.2. The van der Waals surface area contributed by atoms with E-state index in [1.54, 1.807) is 38.1 Å². The molecule has 0 saturated heterocycles. The molecule has 1 amide bonds. The van der Waals surface area contributed by atoms with E-state index >= 15 is 0 Å². The predicted molar refractivity (Wildman–Crippen MR) is 89.5 cm³/mol. The van der Waals surface area contributed by atoms with Gasteiger partial charge in [-0.2, -0.15) is 5.10 Å². The van der Waals surface area contributed by atoms with Crippen LogP contribution in [0.3, 0.4) is 0 Å². The van der Waals surface area contributed by atoms with Gasteiger partial charge in [0.2, 0.25) is 0 Å². The van der Waals surface area contributed by atoms with Crippen LogP contribution >= 0.6 is 0 Å². The highest BCUT2D eigenvalue weighted by Gasteiger charge is 2.23. The maximum atomic E-state index is 12.6. The largest absolute Gasteiger partial charge is 0.394 e. The molecular formula is C17H23N3O3. The first-order chi connectivity index (χ1) is 10.7.